The third-order valence-corrected chi connectivity index (χ3v) is 2.85. The molecule has 0 atom stereocenters. The average Bonchev–Trinajstić information content (AvgIpc) is 2.38. The van der Waals surface area contributed by atoms with E-state index >= 15 is 0 Å². The molecular weight excluding hydrogens is 260 g/mol. The average molecular weight is 275 g/mol. The third-order valence-electron chi connectivity index (χ3n) is 2.60. The van der Waals surface area contributed by atoms with Crippen LogP contribution in [0.3, 0.4) is 0 Å². The molecule has 2 N–H and O–H groups in total. The molecule has 0 aliphatic carbocycles. The number of benzene rings is 2. The van der Waals surface area contributed by atoms with Crippen molar-refractivity contribution in [2.24, 2.45) is 0 Å². The summed E-state index contributed by atoms with van der Waals surface area (Å²) in [5, 5.41) is 6.55. The van der Waals surface area contributed by atoms with E-state index in [0.29, 0.717) is 5.02 Å². The Hall–Kier alpha value is -2.00. The Morgan fingerprint density at radius 2 is 1.84 bits per heavy atom. The highest BCUT2D eigenvalue weighted by molar-refractivity contribution is 6.30. The molecule has 0 radical (unpaired) electrons. The van der Waals surface area contributed by atoms with E-state index in [1.54, 1.807) is 12.1 Å². The number of carbonyl (C=O) groups excluding carboxylic acids is 1. The van der Waals surface area contributed by atoms with Crippen molar-refractivity contribution in [1.29, 1.82) is 0 Å². The van der Waals surface area contributed by atoms with Crippen LogP contribution in [0.4, 0.5) is 11.4 Å². The van der Waals surface area contributed by atoms with Crippen LogP contribution >= 0.6 is 11.6 Å². The van der Waals surface area contributed by atoms with Gasteiger partial charge >= 0.3 is 0 Å². The van der Waals surface area contributed by atoms with Crippen LogP contribution in [0, 0.1) is 6.92 Å². The first-order chi connectivity index (χ1) is 9.13. The van der Waals surface area contributed by atoms with Crippen molar-refractivity contribution in [3.63, 3.8) is 0 Å². The van der Waals surface area contributed by atoms with E-state index in [1.807, 2.05) is 43.3 Å². The second-order valence-electron chi connectivity index (χ2n) is 4.28. The van der Waals surface area contributed by atoms with Crippen LogP contribution in [0.25, 0.3) is 0 Å². The van der Waals surface area contributed by atoms with Crippen molar-refractivity contribution in [2.75, 3.05) is 17.2 Å². The molecule has 1 amide bonds. The SMILES string of the molecule is Cc1cccc(NC(=O)CNc2ccc(Cl)cc2)c1. The zero-order valence-electron chi connectivity index (χ0n) is 10.6. The number of nitrogens with one attached hydrogen (secondary N) is 2. The lowest BCUT2D eigenvalue weighted by atomic mass is 10.2. The predicted molar refractivity (Wildman–Crippen MR) is 79.8 cm³/mol. The van der Waals surface area contributed by atoms with Gasteiger partial charge < -0.3 is 10.6 Å². The van der Waals surface area contributed by atoms with E-state index in [4.69, 9.17) is 11.6 Å². The quantitative estimate of drug-likeness (QED) is 0.893. The molecular formula is C15H15ClN2O. The van der Waals surface area contributed by atoms with Crippen molar-refractivity contribution in [3.8, 4) is 0 Å². The topological polar surface area (TPSA) is 41.1 Å². The maximum absolute atomic E-state index is 11.8. The van der Waals surface area contributed by atoms with Gasteiger partial charge in [-0.25, -0.2) is 0 Å². The highest BCUT2D eigenvalue weighted by atomic mass is 35.5. The fourth-order valence-electron chi connectivity index (χ4n) is 1.68. The van der Waals surface area contributed by atoms with E-state index in [-0.39, 0.29) is 12.5 Å². The second-order valence-corrected chi connectivity index (χ2v) is 4.71. The van der Waals surface area contributed by atoms with Crippen molar-refractivity contribution in [2.45, 2.75) is 6.92 Å². The zero-order valence-corrected chi connectivity index (χ0v) is 11.4. The molecule has 2 aromatic rings. The molecule has 19 heavy (non-hydrogen) atoms. The molecule has 0 saturated carbocycles. The number of carbonyl (C=O) groups is 1. The van der Waals surface area contributed by atoms with Crippen molar-refractivity contribution >= 4 is 28.9 Å². The van der Waals surface area contributed by atoms with Gasteiger partial charge in [0.2, 0.25) is 5.91 Å². The fraction of sp³-hybridized carbons (Fsp3) is 0.133. The maximum Gasteiger partial charge on any atom is 0.243 e. The summed E-state index contributed by atoms with van der Waals surface area (Å²) in [6, 6.07) is 14.9. The van der Waals surface area contributed by atoms with Gasteiger partial charge in [-0.3, -0.25) is 4.79 Å². The number of amides is 1. The van der Waals surface area contributed by atoms with Crippen LogP contribution in [-0.4, -0.2) is 12.5 Å². The number of halogens is 1. The van der Waals surface area contributed by atoms with Gasteiger partial charge in [-0.15, -0.1) is 0 Å². The minimum atomic E-state index is -0.0828. The summed E-state index contributed by atoms with van der Waals surface area (Å²) in [7, 11) is 0. The van der Waals surface area contributed by atoms with Gasteiger partial charge in [-0.2, -0.15) is 0 Å². The number of rotatable bonds is 4. The number of hydrogen-bond donors (Lipinski definition) is 2. The van der Waals surface area contributed by atoms with E-state index in [0.717, 1.165) is 16.9 Å². The van der Waals surface area contributed by atoms with E-state index in [2.05, 4.69) is 10.6 Å². The van der Waals surface area contributed by atoms with Crippen LogP contribution in [0.1, 0.15) is 5.56 Å². The standard InChI is InChI=1S/C15H15ClN2O/c1-11-3-2-4-14(9-11)18-15(19)10-17-13-7-5-12(16)6-8-13/h2-9,17H,10H2,1H3,(H,18,19). The summed E-state index contributed by atoms with van der Waals surface area (Å²) in [5.74, 6) is -0.0828. The molecule has 4 heteroatoms. The lowest BCUT2D eigenvalue weighted by Gasteiger charge is -2.08. The van der Waals surface area contributed by atoms with E-state index in [1.165, 1.54) is 0 Å². The van der Waals surface area contributed by atoms with Crippen molar-refractivity contribution in [1.82, 2.24) is 0 Å². The molecule has 98 valence electrons. The van der Waals surface area contributed by atoms with Crippen LogP contribution in [0.2, 0.25) is 5.02 Å². The fourth-order valence-corrected chi connectivity index (χ4v) is 1.80. The molecule has 0 aliphatic rings. The normalized spacial score (nSPS) is 10.0. The van der Waals surface area contributed by atoms with Gasteiger partial charge in [0, 0.05) is 16.4 Å². The first-order valence-corrected chi connectivity index (χ1v) is 6.37. The maximum atomic E-state index is 11.8. The summed E-state index contributed by atoms with van der Waals surface area (Å²) in [6.45, 7) is 2.21. The minimum absolute atomic E-state index is 0.0828. The molecule has 0 aliphatic heterocycles. The number of hydrogen-bond acceptors (Lipinski definition) is 2. The molecule has 0 fully saturated rings. The molecule has 0 unspecified atom stereocenters. The molecule has 2 rings (SSSR count). The first-order valence-electron chi connectivity index (χ1n) is 5.99. The first kappa shape index (κ1) is 13.4. The Labute approximate surface area is 117 Å². The van der Waals surface area contributed by atoms with Crippen LogP contribution in [0.5, 0.6) is 0 Å². The van der Waals surface area contributed by atoms with Gasteiger partial charge in [0.1, 0.15) is 0 Å². The highest BCUT2D eigenvalue weighted by Crippen LogP contribution is 2.13. The molecule has 0 aromatic heterocycles. The Bertz CT molecular complexity index is 567. The lowest BCUT2D eigenvalue weighted by Crippen LogP contribution is -2.21. The molecule has 0 saturated heterocycles. The molecule has 3 nitrogen and oxygen atoms in total. The van der Waals surface area contributed by atoms with Gasteiger partial charge in [0.25, 0.3) is 0 Å². The third kappa shape index (κ3) is 4.30. The molecule has 0 spiro atoms. The summed E-state index contributed by atoms with van der Waals surface area (Å²) < 4.78 is 0. The van der Waals surface area contributed by atoms with Gasteiger partial charge in [0.15, 0.2) is 0 Å². The highest BCUT2D eigenvalue weighted by Gasteiger charge is 2.02. The Kier molecular flexibility index (Phi) is 4.42. The summed E-state index contributed by atoms with van der Waals surface area (Å²) in [6.07, 6.45) is 0. The summed E-state index contributed by atoms with van der Waals surface area (Å²) in [5.41, 5.74) is 2.79. The Morgan fingerprint density at radius 1 is 1.11 bits per heavy atom. The largest absolute Gasteiger partial charge is 0.376 e. The molecule has 0 heterocycles. The predicted octanol–water partition coefficient (Wildman–Crippen LogP) is 3.70. The van der Waals surface area contributed by atoms with Crippen LogP contribution < -0.4 is 10.6 Å². The van der Waals surface area contributed by atoms with Gasteiger partial charge in [0.05, 0.1) is 6.54 Å². The van der Waals surface area contributed by atoms with E-state index in [9.17, 15) is 4.79 Å². The summed E-state index contributed by atoms with van der Waals surface area (Å²) >= 11 is 5.79. The van der Waals surface area contributed by atoms with Crippen LogP contribution in [0.15, 0.2) is 48.5 Å². The number of aryl methyl sites for hydroxylation is 1. The Morgan fingerprint density at radius 3 is 2.53 bits per heavy atom. The second kappa shape index (κ2) is 6.25. The zero-order chi connectivity index (χ0) is 13.7. The summed E-state index contributed by atoms with van der Waals surface area (Å²) in [4.78, 5) is 11.8. The lowest BCUT2D eigenvalue weighted by molar-refractivity contribution is -0.114. The van der Waals surface area contributed by atoms with Gasteiger partial charge in [-0.05, 0) is 48.9 Å². The number of anilines is 2. The van der Waals surface area contributed by atoms with E-state index < -0.39 is 0 Å². The van der Waals surface area contributed by atoms with Crippen LogP contribution in [-0.2, 0) is 4.79 Å². The Balaban J connectivity index is 1.86. The monoisotopic (exact) mass is 274 g/mol. The minimum Gasteiger partial charge on any atom is -0.376 e. The smallest absolute Gasteiger partial charge is 0.243 e. The van der Waals surface area contributed by atoms with Crippen molar-refractivity contribution < 1.29 is 4.79 Å². The van der Waals surface area contributed by atoms with Crippen molar-refractivity contribution in [3.05, 3.63) is 59.1 Å². The molecule has 0 bridgehead atoms. The van der Waals surface area contributed by atoms with Gasteiger partial charge in [-0.1, -0.05) is 23.7 Å². The molecule has 2 aromatic carbocycles.